The number of rotatable bonds is 2. The number of hydrogen-bond acceptors (Lipinski definition) is 2. The van der Waals surface area contributed by atoms with E-state index in [0.717, 1.165) is 28.7 Å². The van der Waals surface area contributed by atoms with Crippen molar-refractivity contribution in [2.45, 2.75) is 6.92 Å². The molecule has 3 heteroatoms. The number of hydrogen-bond donors (Lipinski definition) is 1. The predicted molar refractivity (Wildman–Crippen MR) is 55.9 cm³/mol. The fraction of sp³-hybridized carbons (Fsp3) is 0.0909. The van der Waals surface area contributed by atoms with Gasteiger partial charge in [-0.05, 0) is 30.7 Å². The number of carbonyl (C=O) groups is 1. The Morgan fingerprint density at radius 3 is 3.07 bits per heavy atom. The number of nitrogens with one attached hydrogen (secondary N) is 1. The van der Waals surface area contributed by atoms with Crippen molar-refractivity contribution in [3.05, 3.63) is 35.7 Å². The minimum absolute atomic E-state index is 0.766. The normalized spacial score (nSPS) is 11.2. The molecular weight excluding hydrogens is 176 g/mol. The fourth-order valence-electron chi connectivity index (χ4n) is 1.41. The number of imidazole rings is 1. The van der Waals surface area contributed by atoms with Gasteiger partial charge in [0.05, 0.1) is 11.0 Å². The first-order valence-electron chi connectivity index (χ1n) is 4.38. The van der Waals surface area contributed by atoms with Crippen molar-refractivity contribution in [1.82, 2.24) is 9.97 Å². The second-order valence-corrected chi connectivity index (χ2v) is 3.09. The maximum atomic E-state index is 10.1. The molecule has 0 fully saturated rings. The summed E-state index contributed by atoms with van der Waals surface area (Å²) in [5.41, 5.74) is 2.94. The standard InChI is InChI=1S/C11H10N2O/c1-8-12-10-5-4-9(3-2-6-14)7-11(10)13-8/h2-7H,1H3,(H,12,13). The number of carbonyl (C=O) groups excluding carboxylic acids is 1. The van der Waals surface area contributed by atoms with Gasteiger partial charge in [0.25, 0.3) is 0 Å². The van der Waals surface area contributed by atoms with Crippen molar-refractivity contribution in [3.63, 3.8) is 0 Å². The molecule has 70 valence electrons. The summed E-state index contributed by atoms with van der Waals surface area (Å²) >= 11 is 0. The van der Waals surface area contributed by atoms with Gasteiger partial charge in [-0.1, -0.05) is 12.1 Å². The smallest absolute Gasteiger partial charge is 0.142 e. The third-order valence-electron chi connectivity index (χ3n) is 1.99. The SMILES string of the molecule is Cc1nc2ccc(C=CC=O)cc2[nH]1. The molecule has 0 unspecified atom stereocenters. The molecule has 0 amide bonds. The second kappa shape index (κ2) is 3.46. The molecule has 14 heavy (non-hydrogen) atoms. The van der Waals surface area contributed by atoms with Gasteiger partial charge in [-0.15, -0.1) is 0 Å². The summed E-state index contributed by atoms with van der Waals surface area (Å²) in [6, 6.07) is 5.83. The van der Waals surface area contributed by atoms with E-state index in [1.807, 2.05) is 25.1 Å². The quantitative estimate of drug-likeness (QED) is 0.576. The largest absolute Gasteiger partial charge is 0.342 e. The summed E-state index contributed by atoms with van der Waals surface area (Å²) in [4.78, 5) is 17.6. The summed E-state index contributed by atoms with van der Waals surface area (Å²) in [6.07, 6.45) is 4.01. The third-order valence-corrected chi connectivity index (χ3v) is 1.99. The van der Waals surface area contributed by atoms with E-state index in [9.17, 15) is 4.79 Å². The number of aromatic nitrogens is 2. The molecule has 0 aliphatic rings. The minimum Gasteiger partial charge on any atom is -0.342 e. The lowest BCUT2D eigenvalue weighted by Crippen LogP contribution is -1.73. The van der Waals surface area contributed by atoms with Crippen LogP contribution >= 0.6 is 0 Å². The number of aldehydes is 1. The zero-order chi connectivity index (χ0) is 9.97. The molecule has 0 saturated heterocycles. The summed E-state index contributed by atoms with van der Waals surface area (Å²) in [5, 5.41) is 0. The van der Waals surface area contributed by atoms with E-state index in [2.05, 4.69) is 9.97 Å². The van der Waals surface area contributed by atoms with Crippen molar-refractivity contribution in [2.24, 2.45) is 0 Å². The lowest BCUT2D eigenvalue weighted by atomic mass is 10.2. The molecule has 0 atom stereocenters. The molecule has 0 aliphatic carbocycles. The summed E-state index contributed by atoms with van der Waals surface area (Å²) in [7, 11) is 0. The highest BCUT2D eigenvalue weighted by molar-refractivity contribution is 5.80. The van der Waals surface area contributed by atoms with Crippen LogP contribution in [0.15, 0.2) is 24.3 Å². The Balaban J connectivity index is 2.50. The van der Waals surface area contributed by atoms with Gasteiger partial charge in [0.2, 0.25) is 0 Å². The van der Waals surface area contributed by atoms with Crippen LogP contribution in [0.5, 0.6) is 0 Å². The molecule has 0 radical (unpaired) electrons. The molecule has 0 bridgehead atoms. The van der Waals surface area contributed by atoms with Crippen LogP contribution in [0, 0.1) is 6.92 Å². The molecule has 2 aromatic rings. The topological polar surface area (TPSA) is 45.8 Å². The lowest BCUT2D eigenvalue weighted by Gasteiger charge is -1.91. The van der Waals surface area contributed by atoms with Gasteiger partial charge in [0.15, 0.2) is 0 Å². The molecule has 0 aliphatic heterocycles. The van der Waals surface area contributed by atoms with Crippen LogP contribution in [-0.4, -0.2) is 16.3 Å². The van der Waals surface area contributed by atoms with E-state index in [1.54, 1.807) is 6.08 Å². The number of H-pyrrole nitrogens is 1. The Bertz CT molecular complexity index is 497. The second-order valence-electron chi connectivity index (χ2n) is 3.09. The molecule has 0 spiro atoms. The molecular formula is C11H10N2O. The molecule has 3 nitrogen and oxygen atoms in total. The van der Waals surface area contributed by atoms with E-state index >= 15 is 0 Å². The van der Waals surface area contributed by atoms with Crippen molar-refractivity contribution in [2.75, 3.05) is 0 Å². The number of nitrogens with zero attached hydrogens (tertiary/aromatic N) is 1. The van der Waals surface area contributed by atoms with Crippen molar-refractivity contribution in [1.29, 1.82) is 0 Å². The highest BCUT2D eigenvalue weighted by atomic mass is 16.1. The lowest BCUT2D eigenvalue weighted by molar-refractivity contribution is -0.104. The Kier molecular flexibility index (Phi) is 2.14. The number of fused-ring (bicyclic) bond motifs is 1. The van der Waals surface area contributed by atoms with Crippen LogP contribution in [0.4, 0.5) is 0 Å². The van der Waals surface area contributed by atoms with Gasteiger partial charge in [-0.3, -0.25) is 4.79 Å². The number of benzene rings is 1. The first kappa shape index (κ1) is 8.69. The van der Waals surface area contributed by atoms with Crippen LogP contribution in [0.2, 0.25) is 0 Å². The van der Waals surface area contributed by atoms with Crippen molar-refractivity contribution < 1.29 is 4.79 Å². The van der Waals surface area contributed by atoms with E-state index < -0.39 is 0 Å². The van der Waals surface area contributed by atoms with Gasteiger partial charge >= 0.3 is 0 Å². The maximum absolute atomic E-state index is 10.1. The highest BCUT2D eigenvalue weighted by Crippen LogP contribution is 2.14. The third kappa shape index (κ3) is 1.57. The maximum Gasteiger partial charge on any atom is 0.142 e. The average Bonchev–Trinajstić information content (AvgIpc) is 2.54. The van der Waals surface area contributed by atoms with Crippen LogP contribution in [0.3, 0.4) is 0 Å². The van der Waals surface area contributed by atoms with E-state index in [0.29, 0.717) is 0 Å². The van der Waals surface area contributed by atoms with Crippen LogP contribution in [-0.2, 0) is 4.79 Å². The molecule has 1 heterocycles. The average molecular weight is 186 g/mol. The molecule has 1 aromatic carbocycles. The van der Waals surface area contributed by atoms with Crippen LogP contribution in [0.1, 0.15) is 11.4 Å². The highest BCUT2D eigenvalue weighted by Gasteiger charge is 1.98. The number of aromatic amines is 1. The molecule has 1 aromatic heterocycles. The zero-order valence-corrected chi connectivity index (χ0v) is 7.82. The van der Waals surface area contributed by atoms with E-state index in [-0.39, 0.29) is 0 Å². The van der Waals surface area contributed by atoms with Gasteiger partial charge in [0.1, 0.15) is 12.1 Å². The molecule has 0 saturated carbocycles. The van der Waals surface area contributed by atoms with Gasteiger partial charge in [-0.25, -0.2) is 4.98 Å². The molecule has 2 rings (SSSR count). The summed E-state index contributed by atoms with van der Waals surface area (Å²) in [6.45, 7) is 1.92. The van der Waals surface area contributed by atoms with Crippen molar-refractivity contribution in [3.8, 4) is 0 Å². The summed E-state index contributed by atoms with van der Waals surface area (Å²) < 4.78 is 0. The monoisotopic (exact) mass is 186 g/mol. The first-order chi connectivity index (χ1) is 6.79. The van der Waals surface area contributed by atoms with E-state index in [1.165, 1.54) is 6.08 Å². The zero-order valence-electron chi connectivity index (χ0n) is 7.82. The van der Waals surface area contributed by atoms with Crippen LogP contribution < -0.4 is 0 Å². The Morgan fingerprint density at radius 2 is 2.29 bits per heavy atom. The Labute approximate surface area is 81.5 Å². The molecule has 1 N–H and O–H groups in total. The van der Waals surface area contributed by atoms with Gasteiger partial charge in [-0.2, -0.15) is 0 Å². The van der Waals surface area contributed by atoms with Crippen molar-refractivity contribution >= 4 is 23.4 Å². The van der Waals surface area contributed by atoms with Crippen LogP contribution in [0.25, 0.3) is 17.1 Å². The van der Waals surface area contributed by atoms with Gasteiger partial charge < -0.3 is 4.98 Å². The fourth-order valence-corrected chi connectivity index (χ4v) is 1.41. The Morgan fingerprint density at radius 1 is 1.43 bits per heavy atom. The predicted octanol–water partition coefficient (Wildman–Crippen LogP) is 2.08. The summed E-state index contributed by atoms with van der Waals surface area (Å²) in [5.74, 6) is 0.900. The van der Waals surface area contributed by atoms with E-state index in [4.69, 9.17) is 0 Å². The minimum atomic E-state index is 0.766. The number of allylic oxidation sites excluding steroid dienone is 1. The van der Waals surface area contributed by atoms with Gasteiger partial charge in [0, 0.05) is 0 Å². The first-order valence-corrected chi connectivity index (χ1v) is 4.38. The number of aryl methyl sites for hydroxylation is 1. The Hall–Kier alpha value is -1.90.